The molecule has 0 amide bonds. The molecule has 26 nitrogen and oxygen atoms in total. The first kappa shape index (κ1) is 93.0. The molecule has 0 radical (unpaired) electrons. The summed E-state index contributed by atoms with van der Waals surface area (Å²) < 4.78 is 250. The van der Waals surface area contributed by atoms with Gasteiger partial charge in [0.25, 0.3) is 0 Å². The van der Waals surface area contributed by atoms with Gasteiger partial charge in [-0.15, -0.1) is 0 Å². The van der Waals surface area contributed by atoms with E-state index in [4.69, 9.17) is 24.7 Å². The van der Waals surface area contributed by atoms with Crippen LogP contribution in [0.3, 0.4) is 0 Å². The SMILES string of the molecule is [CH2-]CCC[N+](CCCCS(=O)(=O)[O-])(CCCCS(=O)(=O)[O-])CCC[Si](C)(C)O[Si-2]123(O[Si](C)(C)CCC[N+](CCCCCC(=O)Oc4c(F)c(F)c(F)c(F)c4F)(CCCCS(=O)(=O)[O-])CCCCS(=O)(=O)[O-])n4c5c6ccccc6c4N=C4c6ccccc6C(=[N+]41)N=c1c4ccccc4c(n12)=NC1=[N+]3C(=N5)c2ccccc21.[Na+].[Na+].[Na+]. The number of esters is 1. The van der Waals surface area contributed by atoms with Crippen LogP contribution in [0.1, 0.15) is 125 Å². The van der Waals surface area contributed by atoms with Crippen LogP contribution in [0.5, 0.6) is 5.75 Å². The minimum absolute atomic E-state index is 0. The molecule has 0 aliphatic carbocycles. The van der Waals surface area contributed by atoms with Crippen LogP contribution >= 0.6 is 0 Å². The first-order valence-electron chi connectivity index (χ1n) is 37.9. The molecule has 0 bridgehead atoms. The van der Waals surface area contributed by atoms with Gasteiger partial charge in [-0.1, -0.05) is 0 Å². The third kappa shape index (κ3) is 17.5. The molecule has 41 heteroatoms. The van der Waals surface area contributed by atoms with Gasteiger partial charge in [0.2, 0.25) is 34.8 Å². The van der Waals surface area contributed by atoms with E-state index in [1.165, 1.54) is 0 Å². The fourth-order valence-corrected chi connectivity index (χ4v) is 42.8. The molecule has 0 saturated heterocycles. The van der Waals surface area contributed by atoms with Crippen LogP contribution in [0.2, 0.25) is 38.3 Å². The topological polar surface area (TPSA) is 339 Å². The van der Waals surface area contributed by atoms with Gasteiger partial charge in [0.1, 0.15) is 0 Å². The summed E-state index contributed by atoms with van der Waals surface area (Å²) >= 11 is 0. The second-order valence-corrected chi connectivity index (χ2v) is 52.0. The van der Waals surface area contributed by atoms with E-state index in [-0.39, 0.29) is 164 Å². The van der Waals surface area contributed by atoms with E-state index < -0.39 is 135 Å². The standard InChI is InChI=1S/C74H93F5N10O16S4Si3.3Na/c1-6-7-38-88(40-19-23-46-106(91,92)93,41-20-24-47-107(94,95)96)44-27-50-110(2,3)104-112(105-111(4,5)51-28-45-89(42-21-25-48-108(97,98)99,43-22-26-49-109(100,101)102)39-18-8-9-37-60(90)103-66-64(78)62(76)61(75)63(77)65(66)79)84-67-52-29-10-11-30-53(52)68(84)81-70-56-33-14-15-34-57(56)72(86(70)112)83-74-59-36-17-16-35-58(59)73(87(74)112)82-71-55-32-13-12-31-54(55)69(80-67)85(71)112;;;/h10-17,29-36H,1,6-9,18-28,37-51H2,2-5H3,(H3-,91,92,93,94,95,96,97,98,99,100,101,102);;;/q;3*+1/p-3. The number of aliphatic imine (C=N–C) groups is 2. The number of hydrogen-bond acceptors (Lipinski definition) is 20. The van der Waals surface area contributed by atoms with Crippen molar-refractivity contribution in [2.24, 2.45) is 20.0 Å². The van der Waals surface area contributed by atoms with Gasteiger partial charge in [-0.3, -0.25) is 4.79 Å². The third-order valence-corrected chi connectivity index (χ3v) is 42.7. The molecule has 115 heavy (non-hydrogen) atoms. The van der Waals surface area contributed by atoms with Crippen molar-refractivity contribution in [3.8, 4) is 5.75 Å². The molecule has 1 spiro atoms. The Morgan fingerprint density at radius 2 is 0.757 bits per heavy atom. The second-order valence-electron chi connectivity index (χ2n) is 31.6. The zero-order valence-corrected chi connectivity index (χ0v) is 78.0. The summed E-state index contributed by atoms with van der Waals surface area (Å²) in [5, 5.41) is 2.87. The van der Waals surface area contributed by atoms with Crippen molar-refractivity contribution in [1.29, 1.82) is 0 Å². The first-order chi connectivity index (χ1) is 52.8. The van der Waals surface area contributed by atoms with Crippen LogP contribution in [-0.2, 0) is 53.5 Å². The number of carbonyl (C=O) groups is 1. The number of amidine groups is 4. The van der Waals surface area contributed by atoms with E-state index in [2.05, 4.69) is 50.1 Å². The Morgan fingerprint density at radius 1 is 0.435 bits per heavy atom. The molecule has 0 fully saturated rings. The van der Waals surface area contributed by atoms with Crippen molar-refractivity contribution in [3.05, 3.63) is 166 Å². The van der Waals surface area contributed by atoms with Crippen molar-refractivity contribution < 1.29 is 198 Å². The number of halogens is 5. The summed E-state index contributed by atoms with van der Waals surface area (Å²) in [7, 11) is -33.5. The van der Waals surface area contributed by atoms with Crippen molar-refractivity contribution in [2.75, 3.05) is 75.4 Å². The zero-order valence-electron chi connectivity index (χ0n) is 65.7. The summed E-state index contributed by atoms with van der Waals surface area (Å²) in [6.45, 7) is 15.7. The number of quaternary nitrogens is 2. The molecule has 8 heterocycles. The van der Waals surface area contributed by atoms with Gasteiger partial charge in [0.15, 0.2) is 0 Å². The number of aromatic nitrogens is 2. The van der Waals surface area contributed by atoms with E-state index in [0.717, 1.165) is 0 Å². The van der Waals surface area contributed by atoms with Gasteiger partial charge in [-0.2, -0.15) is 8.78 Å². The molecule has 6 aliphatic rings. The maximum Gasteiger partial charge on any atom is 1.00 e. The summed E-state index contributed by atoms with van der Waals surface area (Å²) in [4.78, 5) is 36.5. The van der Waals surface area contributed by atoms with Crippen molar-refractivity contribution in [3.63, 3.8) is 0 Å². The summed E-state index contributed by atoms with van der Waals surface area (Å²) in [6.07, 6.45) is 3.14. The fraction of sp³-hybridized carbons (Fsp3) is 0.459. The fourth-order valence-electron chi connectivity index (χ4n) is 18.4. The Balaban J connectivity index is 0.00000466. The molecule has 0 N–H and O–H groups in total. The average Bonchev–Trinajstić information content (AvgIpc) is 1.47. The maximum absolute atomic E-state index is 14.7. The van der Waals surface area contributed by atoms with Crippen LogP contribution < -0.4 is 104 Å². The molecule has 13 rings (SSSR count). The molecule has 606 valence electrons. The number of ether oxygens (including phenoxy) is 1. The first-order valence-corrected chi connectivity index (χ1v) is 53.0. The van der Waals surface area contributed by atoms with Crippen LogP contribution in [0, 0.1) is 36.0 Å². The molecule has 2 aromatic heterocycles. The predicted molar refractivity (Wildman–Crippen MR) is 412 cm³/mol. The Bertz CT molecular complexity index is 5520. The van der Waals surface area contributed by atoms with Gasteiger partial charge < -0.3 is 4.74 Å². The van der Waals surface area contributed by atoms with E-state index in [9.17, 15) is 86.9 Å². The molecule has 0 saturated carbocycles. The van der Waals surface area contributed by atoms with E-state index in [1.807, 2.05) is 97.1 Å². The van der Waals surface area contributed by atoms with Crippen molar-refractivity contribution >= 4 is 127 Å². The van der Waals surface area contributed by atoms with Crippen LogP contribution in [0.4, 0.5) is 33.6 Å². The third-order valence-electron chi connectivity index (χ3n) is 22.8. The molecule has 0 unspecified atom stereocenters. The zero-order chi connectivity index (χ0) is 80.5. The number of fused-ring (bicyclic) bond motifs is 12. The van der Waals surface area contributed by atoms with E-state index in [0.29, 0.717) is 184 Å². The van der Waals surface area contributed by atoms with Crippen LogP contribution in [-0.4, -0.2) is 207 Å². The van der Waals surface area contributed by atoms with Gasteiger partial charge in [0, 0.05) is 0 Å². The largest absolute Gasteiger partial charge is 1.00 e. The van der Waals surface area contributed by atoms with Crippen LogP contribution in [0.15, 0.2) is 117 Å². The number of carbonyl (C=O) groups excluding carboxylic acids is 1. The monoisotopic (exact) mass is 1750 g/mol. The smallest absolute Gasteiger partial charge is 1.00 e. The van der Waals surface area contributed by atoms with Gasteiger partial charge in [-0.25, -0.2) is 13.2 Å². The van der Waals surface area contributed by atoms with Gasteiger partial charge in [-0.05, 0) is 0 Å². The van der Waals surface area contributed by atoms with E-state index >= 15 is 0 Å². The van der Waals surface area contributed by atoms with Crippen LogP contribution in [0.25, 0.3) is 21.5 Å². The minimum Gasteiger partial charge on any atom is 1.00 e. The molecule has 5 aromatic carbocycles. The Morgan fingerprint density at radius 3 is 1.12 bits per heavy atom. The number of benzene rings is 5. The van der Waals surface area contributed by atoms with Crippen molar-refractivity contribution in [1.82, 2.24) is 8.47 Å². The van der Waals surface area contributed by atoms with Crippen molar-refractivity contribution in [2.45, 2.75) is 141 Å². The summed E-state index contributed by atoms with van der Waals surface area (Å²) in [5.41, 5.74) is 3.80. The Labute approximate surface area is 734 Å². The predicted octanol–water partition coefficient (Wildman–Crippen LogP) is 0.972. The normalized spacial score (nSPS) is 16.6. The number of unbranched alkanes of at least 4 members (excludes halogenated alkanes) is 7. The van der Waals surface area contributed by atoms with Gasteiger partial charge in [0.05, 0.1) is 0 Å². The number of rotatable bonds is 42. The van der Waals surface area contributed by atoms with Gasteiger partial charge >= 0.3 is 676 Å². The summed E-state index contributed by atoms with van der Waals surface area (Å²) in [6, 6.07) is 32.3. The molecule has 0 atom stereocenters. The Hall–Kier alpha value is -4.29. The number of hydrogen-bond donors (Lipinski definition) is 0. The maximum atomic E-state index is 14.7. The quantitative estimate of drug-likeness (QED) is 0.00492. The average molecular weight is 1750 g/mol. The second kappa shape index (κ2) is 34.9. The Kier molecular flexibility index (Phi) is 28.2. The summed E-state index contributed by atoms with van der Waals surface area (Å²) in [5.74, 6) is -14.4. The molecule has 7 aromatic rings. The molecular weight excluding hydrogens is 1660 g/mol. The number of nitrogens with zero attached hydrogens (tertiary/aromatic N) is 10. The molecule has 6 aliphatic heterocycles. The molecular formula is C74H90F5N10Na3O16S4Si3. The van der Waals surface area contributed by atoms with E-state index in [1.54, 1.807) is 0 Å². The minimum atomic E-state index is -7.47.